The van der Waals surface area contributed by atoms with E-state index in [2.05, 4.69) is 4.98 Å². The zero-order valence-corrected chi connectivity index (χ0v) is 14.7. The van der Waals surface area contributed by atoms with Gasteiger partial charge in [-0.1, -0.05) is 0 Å². The first-order chi connectivity index (χ1) is 11.8. The second-order valence-electron chi connectivity index (χ2n) is 6.79. The number of pyridine rings is 1. The summed E-state index contributed by atoms with van der Waals surface area (Å²) < 4.78 is 2.32. The topological polar surface area (TPSA) is 103 Å². The number of rotatable bonds is 2. The van der Waals surface area contributed by atoms with Gasteiger partial charge in [0.1, 0.15) is 5.65 Å². The van der Waals surface area contributed by atoms with E-state index in [1.807, 2.05) is 6.92 Å². The van der Waals surface area contributed by atoms with E-state index in [0.717, 1.165) is 17.4 Å². The summed E-state index contributed by atoms with van der Waals surface area (Å²) in [5, 5.41) is 0.265. The molecule has 0 spiro atoms. The molecule has 0 radical (unpaired) electrons. The van der Waals surface area contributed by atoms with Gasteiger partial charge in [0.25, 0.3) is 11.5 Å². The average molecular weight is 345 g/mol. The number of likely N-dealkylation sites (tertiary alicyclic amines) is 1. The Hall–Kier alpha value is -2.48. The predicted molar refractivity (Wildman–Crippen MR) is 94.5 cm³/mol. The summed E-state index contributed by atoms with van der Waals surface area (Å²) in [5.41, 5.74) is 5.69. The predicted octanol–water partition coefficient (Wildman–Crippen LogP) is -0.168. The van der Waals surface area contributed by atoms with Gasteiger partial charge in [0.2, 0.25) is 0 Å². The van der Waals surface area contributed by atoms with E-state index in [1.165, 1.54) is 23.9 Å². The Morgan fingerprint density at radius 3 is 2.48 bits per heavy atom. The number of hydrogen-bond acceptors (Lipinski definition) is 5. The van der Waals surface area contributed by atoms with Crippen molar-refractivity contribution in [2.45, 2.75) is 25.8 Å². The molecule has 0 saturated carbocycles. The standard InChI is InChI=1S/C17H23N5O3/c1-10(18)11-4-6-22(7-5-11)15(23)12-8-13-14(19-9-12)20(2)17(25)21(3)16(13)24/h8-11H,4-7,18H2,1-3H3. The lowest BCUT2D eigenvalue weighted by Gasteiger charge is -2.33. The smallest absolute Gasteiger partial charge is 0.332 e. The molecule has 1 aliphatic heterocycles. The fourth-order valence-electron chi connectivity index (χ4n) is 3.39. The second-order valence-corrected chi connectivity index (χ2v) is 6.79. The molecule has 2 aromatic heterocycles. The normalized spacial score (nSPS) is 17.0. The second kappa shape index (κ2) is 6.44. The maximum atomic E-state index is 12.7. The van der Waals surface area contributed by atoms with Gasteiger partial charge in [-0.15, -0.1) is 0 Å². The molecule has 2 aromatic rings. The summed E-state index contributed by atoms with van der Waals surface area (Å²) in [6.45, 7) is 3.29. The molecular weight excluding hydrogens is 322 g/mol. The number of carbonyl (C=O) groups is 1. The van der Waals surface area contributed by atoms with Gasteiger partial charge in [-0.2, -0.15) is 0 Å². The first-order valence-electron chi connectivity index (χ1n) is 8.42. The molecule has 1 amide bonds. The Kier molecular flexibility index (Phi) is 4.47. The molecule has 134 valence electrons. The Morgan fingerprint density at radius 2 is 1.88 bits per heavy atom. The number of fused-ring (bicyclic) bond motifs is 1. The van der Waals surface area contributed by atoms with Crippen molar-refractivity contribution in [1.82, 2.24) is 19.0 Å². The highest BCUT2D eigenvalue weighted by Gasteiger charge is 2.26. The number of aromatic nitrogens is 3. The Labute approximate surface area is 144 Å². The molecule has 0 aromatic carbocycles. The van der Waals surface area contributed by atoms with Gasteiger partial charge in [0.15, 0.2) is 0 Å². The van der Waals surface area contributed by atoms with Gasteiger partial charge in [0, 0.05) is 39.4 Å². The highest BCUT2D eigenvalue weighted by molar-refractivity contribution is 5.96. The van der Waals surface area contributed by atoms with Crippen LogP contribution in [0.5, 0.6) is 0 Å². The van der Waals surface area contributed by atoms with Crippen LogP contribution in [0.25, 0.3) is 11.0 Å². The largest absolute Gasteiger partial charge is 0.339 e. The fourth-order valence-corrected chi connectivity index (χ4v) is 3.39. The van der Waals surface area contributed by atoms with Crippen LogP contribution < -0.4 is 17.0 Å². The molecular formula is C17H23N5O3. The van der Waals surface area contributed by atoms with Crippen molar-refractivity contribution in [3.63, 3.8) is 0 Å². The minimum absolute atomic E-state index is 0.129. The van der Waals surface area contributed by atoms with Crippen molar-refractivity contribution >= 4 is 16.9 Å². The number of amides is 1. The van der Waals surface area contributed by atoms with E-state index in [1.54, 1.807) is 11.9 Å². The van der Waals surface area contributed by atoms with Crippen LogP contribution in [0.1, 0.15) is 30.1 Å². The molecule has 1 saturated heterocycles. The van der Waals surface area contributed by atoms with Gasteiger partial charge < -0.3 is 10.6 Å². The van der Waals surface area contributed by atoms with Crippen LogP contribution in [0.15, 0.2) is 21.9 Å². The number of piperidine rings is 1. The molecule has 1 unspecified atom stereocenters. The van der Waals surface area contributed by atoms with Crippen LogP contribution in [-0.2, 0) is 14.1 Å². The highest BCUT2D eigenvalue weighted by Crippen LogP contribution is 2.21. The molecule has 0 bridgehead atoms. The van der Waals surface area contributed by atoms with Gasteiger partial charge >= 0.3 is 5.69 Å². The van der Waals surface area contributed by atoms with Crippen LogP contribution in [0.3, 0.4) is 0 Å². The molecule has 2 N–H and O–H groups in total. The van der Waals surface area contributed by atoms with Gasteiger partial charge in [-0.25, -0.2) is 9.78 Å². The minimum Gasteiger partial charge on any atom is -0.339 e. The maximum absolute atomic E-state index is 12.7. The molecule has 1 fully saturated rings. The van der Waals surface area contributed by atoms with Crippen LogP contribution in [-0.4, -0.2) is 44.1 Å². The molecule has 3 rings (SSSR count). The zero-order chi connectivity index (χ0) is 18.3. The van der Waals surface area contributed by atoms with Crippen LogP contribution in [0, 0.1) is 5.92 Å². The number of aryl methyl sites for hydroxylation is 1. The van der Waals surface area contributed by atoms with E-state index >= 15 is 0 Å². The number of carbonyl (C=O) groups excluding carboxylic acids is 1. The highest BCUT2D eigenvalue weighted by atomic mass is 16.2. The Morgan fingerprint density at radius 1 is 1.24 bits per heavy atom. The van der Waals surface area contributed by atoms with Crippen molar-refractivity contribution in [2.24, 2.45) is 25.7 Å². The van der Waals surface area contributed by atoms with Crippen molar-refractivity contribution in [2.75, 3.05) is 13.1 Å². The quantitative estimate of drug-likeness (QED) is 0.814. The van der Waals surface area contributed by atoms with Gasteiger partial charge in [-0.3, -0.25) is 18.7 Å². The van der Waals surface area contributed by atoms with Gasteiger partial charge in [-0.05, 0) is 31.7 Å². The lowest BCUT2D eigenvalue weighted by Crippen LogP contribution is -2.42. The fraction of sp³-hybridized carbons (Fsp3) is 0.529. The number of hydrogen-bond donors (Lipinski definition) is 1. The van der Waals surface area contributed by atoms with Crippen molar-refractivity contribution in [1.29, 1.82) is 0 Å². The van der Waals surface area contributed by atoms with Gasteiger partial charge in [0.05, 0.1) is 10.9 Å². The first kappa shape index (κ1) is 17.3. The molecule has 1 aliphatic rings. The van der Waals surface area contributed by atoms with Crippen LogP contribution >= 0.6 is 0 Å². The first-order valence-corrected chi connectivity index (χ1v) is 8.42. The van der Waals surface area contributed by atoms with E-state index in [0.29, 0.717) is 24.6 Å². The third kappa shape index (κ3) is 2.97. The third-order valence-corrected chi connectivity index (χ3v) is 5.11. The summed E-state index contributed by atoms with van der Waals surface area (Å²) in [4.78, 5) is 43.0. The molecule has 8 heteroatoms. The molecule has 3 heterocycles. The third-order valence-electron chi connectivity index (χ3n) is 5.11. The monoisotopic (exact) mass is 345 g/mol. The van der Waals surface area contributed by atoms with E-state index in [4.69, 9.17) is 5.73 Å². The summed E-state index contributed by atoms with van der Waals surface area (Å²) >= 11 is 0. The molecule has 25 heavy (non-hydrogen) atoms. The van der Waals surface area contributed by atoms with E-state index in [-0.39, 0.29) is 23.0 Å². The van der Waals surface area contributed by atoms with Crippen molar-refractivity contribution < 1.29 is 4.79 Å². The lowest BCUT2D eigenvalue weighted by atomic mass is 9.91. The van der Waals surface area contributed by atoms with Crippen molar-refractivity contribution in [3.8, 4) is 0 Å². The summed E-state index contributed by atoms with van der Waals surface area (Å²) in [6.07, 6.45) is 3.18. The Bertz CT molecular complexity index is 936. The number of nitrogens with zero attached hydrogens (tertiary/aromatic N) is 4. The average Bonchev–Trinajstić information content (AvgIpc) is 2.63. The van der Waals surface area contributed by atoms with Crippen LogP contribution in [0.4, 0.5) is 0 Å². The lowest BCUT2D eigenvalue weighted by molar-refractivity contribution is 0.0680. The van der Waals surface area contributed by atoms with E-state index < -0.39 is 11.2 Å². The molecule has 8 nitrogen and oxygen atoms in total. The SMILES string of the molecule is CC(N)C1CCN(C(=O)c2cnc3c(c2)c(=O)n(C)c(=O)n3C)CC1. The molecule has 0 aliphatic carbocycles. The number of nitrogens with two attached hydrogens (primary N) is 1. The molecule has 1 atom stereocenters. The zero-order valence-electron chi connectivity index (χ0n) is 14.7. The van der Waals surface area contributed by atoms with E-state index in [9.17, 15) is 14.4 Å². The maximum Gasteiger partial charge on any atom is 0.332 e. The summed E-state index contributed by atoms with van der Waals surface area (Å²) in [5.74, 6) is 0.286. The minimum atomic E-state index is -0.448. The summed E-state index contributed by atoms with van der Waals surface area (Å²) in [6, 6.07) is 1.66. The van der Waals surface area contributed by atoms with Crippen LogP contribution in [0.2, 0.25) is 0 Å². The Balaban J connectivity index is 1.94. The van der Waals surface area contributed by atoms with Crippen molar-refractivity contribution in [3.05, 3.63) is 38.7 Å². The summed E-state index contributed by atoms with van der Waals surface area (Å²) in [7, 11) is 2.97.